The molecule has 0 aliphatic carbocycles. The van der Waals surface area contributed by atoms with Gasteiger partial charge in [0.15, 0.2) is 0 Å². The number of hydrogen-bond acceptors (Lipinski definition) is 4. The van der Waals surface area contributed by atoms with Crippen LogP contribution in [0.4, 0.5) is 5.82 Å². The third kappa shape index (κ3) is 2.86. The lowest BCUT2D eigenvalue weighted by Crippen LogP contribution is -2.24. The van der Waals surface area contributed by atoms with Crippen molar-refractivity contribution < 1.29 is 0 Å². The van der Waals surface area contributed by atoms with E-state index in [1.165, 1.54) is 0 Å². The van der Waals surface area contributed by atoms with E-state index >= 15 is 0 Å². The van der Waals surface area contributed by atoms with Crippen molar-refractivity contribution in [3.05, 3.63) is 17.5 Å². The minimum absolute atomic E-state index is 0.176. The van der Waals surface area contributed by atoms with Gasteiger partial charge in [-0.1, -0.05) is 13.8 Å². The van der Waals surface area contributed by atoms with E-state index in [-0.39, 0.29) is 17.2 Å². The second-order valence-corrected chi connectivity index (χ2v) is 3.54. The topological polar surface area (TPSA) is 61.6 Å². The number of anilines is 1. The zero-order chi connectivity index (χ0) is 10.6. The summed E-state index contributed by atoms with van der Waals surface area (Å²) in [7, 11) is 0. The summed E-state index contributed by atoms with van der Waals surface area (Å²) in [5.41, 5.74) is 0. The van der Waals surface area contributed by atoms with Crippen LogP contribution in [-0.2, 0) is 0 Å². The molecule has 14 heavy (non-hydrogen) atoms. The number of hydrogen-bond donors (Lipinski definition) is 1. The van der Waals surface area contributed by atoms with E-state index in [0.29, 0.717) is 5.82 Å². The second-order valence-electron chi connectivity index (χ2n) is 3.21. The van der Waals surface area contributed by atoms with E-state index in [1.807, 2.05) is 13.8 Å². The predicted molar refractivity (Wildman–Crippen MR) is 54.9 cm³/mol. The molecule has 1 aromatic heterocycles. The van der Waals surface area contributed by atoms with E-state index < -0.39 is 0 Å². The van der Waals surface area contributed by atoms with Gasteiger partial charge in [-0.15, -0.1) is 0 Å². The highest BCUT2D eigenvalue weighted by Crippen LogP contribution is 2.10. The third-order valence-electron chi connectivity index (χ3n) is 1.74. The standard InChI is InChI=1S/C9H11ClN4/c1-6(2)7(5-11)13-8-3-4-12-9(10)14-8/h3-4,6-7H,1-2H3,(H,12,13,14)/t7-/m1/s1. The molecular formula is C9H11ClN4. The van der Waals surface area contributed by atoms with E-state index in [0.717, 1.165) is 0 Å². The minimum atomic E-state index is -0.263. The summed E-state index contributed by atoms with van der Waals surface area (Å²) in [5, 5.41) is 12.0. The van der Waals surface area contributed by atoms with Gasteiger partial charge in [-0.05, 0) is 23.6 Å². The first-order valence-electron chi connectivity index (χ1n) is 4.28. The third-order valence-corrected chi connectivity index (χ3v) is 1.92. The van der Waals surface area contributed by atoms with E-state index in [1.54, 1.807) is 12.3 Å². The van der Waals surface area contributed by atoms with Crippen LogP contribution in [0, 0.1) is 17.2 Å². The molecule has 1 rings (SSSR count). The van der Waals surface area contributed by atoms with Crippen LogP contribution in [0.2, 0.25) is 5.28 Å². The van der Waals surface area contributed by atoms with Crippen molar-refractivity contribution in [3.8, 4) is 6.07 Å². The molecule has 0 saturated heterocycles. The highest BCUT2D eigenvalue weighted by atomic mass is 35.5. The van der Waals surface area contributed by atoms with Crippen LogP contribution in [0.25, 0.3) is 0 Å². The van der Waals surface area contributed by atoms with Crippen molar-refractivity contribution in [2.45, 2.75) is 19.9 Å². The normalized spacial score (nSPS) is 12.2. The van der Waals surface area contributed by atoms with Gasteiger partial charge in [-0.25, -0.2) is 9.97 Å². The molecule has 0 spiro atoms. The lowest BCUT2D eigenvalue weighted by Gasteiger charge is -2.14. The van der Waals surface area contributed by atoms with Gasteiger partial charge >= 0.3 is 0 Å². The molecule has 0 radical (unpaired) electrons. The molecular weight excluding hydrogens is 200 g/mol. The largest absolute Gasteiger partial charge is 0.354 e. The zero-order valence-electron chi connectivity index (χ0n) is 8.03. The maximum atomic E-state index is 8.84. The molecule has 1 N–H and O–H groups in total. The monoisotopic (exact) mass is 210 g/mol. The second kappa shape index (κ2) is 4.77. The van der Waals surface area contributed by atoms with Crippen molar-refractivity contribution >= 4 is 17.4 Å². The Balaban J connectivity index is 2.73. The van der Waals surface area contributed by atoms with Crippen LogP contribution in [0.1, 0.15) is 13.8 Å². The van der Waals surface area contributed by atoms with Gasteiger partial charge in [0.25, 0.3) is 0 Å². The summed E-state index contributed by atoms with van der Waals surface area (Å²) in [6.45, 7) is 3.92. The highest BCUT2D eigenvalue weighted by molar-refractivity contribution is 6.28. The molecule has 4 nitrogen and oxygen atoms in total. The van der Waals surface area contributed by atoms with Crippen LogP contribution in [0.3, 0.4) is 0 Å². The molecule has 1 heterocycles. The van der Waals surface area contributed by atoms with Crippen LogP contribution in [-0.4, -0.2) is 16.0 Å². The molecule has 74 valence electrons. The fraction of sp³-hybridized carbons (Fsp3) is 0.444. The minimum Gasteiger partial charge on any atom is -0.354 e. The van der Waals surface area contributed by atoms with E-state index in [9.17, 15) is 0 Å². The highest BCUT2D eigenvalue weighted by Gasteiger charge is 2.12. The van der Waals surface area contributed by atoms with Crippen molar-refractivity contribution in [2.24, 2.45) is 5.92 Å². The van der Waals surface area contributed by atoms with Crippen molar-refractivity contribution in [1.29, 1.82) is 5.26 Å². The summed E-state index contributed by atoms with van der Waals surface area (Å²) < 4.78 is 0. The van der Waals surface area contributed by atoms with Gasteiger partial charge in [0.05, 0.1) is 6.07 Å². The molecule has 0 amide bonds. The van der Waals surface area contributed by atoms with Crippen molar-refractivity contribution in [1.82, 2.24) is 9.97 Å². The van der Waals surface area contributed by atoms with Gasteiger partial charge in [0.2, 0.25) is 5.28 Å². The number of nitrogens with zero attached hydrogens (tertiary/aromatic N) is 3. The maximum absolute atomic E-state index is 8.84. The Hall–Kier alpha value is -1.34. The predicted octanol–water partition coefficient (Wildman–Crippen LogP) is 2.09. The number of rotatable bonds is 3. The fourth-order valence-corrected chi connectivity index (χ4v) is 1.07. The van der Waals surface area contributed by atoms with Gasteiger partial charge in [-0.3, -0.25) is 0 Å². The molecule has 0 fully saturated rings. The molecule has 0 aliphatic heterocycles. The summed E-state index contributed by atoms with van der Waals surface area (Å²) >= 11 is 5.61. The maximum Gasteiger partial charge on any atom is 0.224 e. The molecule has 0 aromatic carbocycles. The van der Waals surface area contributed by atoms with Gasteiger partial charge in [0.1, 0.15) is 11.9 Å². The van der Waals surface area contributed by atoms with Crippen molar-refractivity contribution in [2.75, 3.05) is 5.32 Å². The molecule has 1 aromatic rings. The average molecular weight is 211 g/mol. The van der Waals surface area contributed by atoms with Gasteiger partial charge in [0, 0.05) is 6.20 Å². The van der Waals surface area contributed by atoms with Crippen LogP contribution in [0.5, 0.6) is 0 Å². The Bertz CT molecular complexity index is 345. The Morgan fingerprint density at radius 3 is 2.79 bits per heavy atom. The molecule has 0 bridgehead atoms. The Labute approximate surface area is 87.9 Å². The lowest BCUT2D eigenvalue weighted by molar-refractivity contribution is 0.607. The van der Waals surface area contributed by atoms with E-state index in [2.05, 4.69) is 21.4 Å². The van der Waals surface area contributed by atoms with Gasteiger partial charge < -0.3 is 5.32 Å². The number of halogens is 1. The Morgan fingerprint density at radius 1 is 1.57 bits per heavy atom. The van der Waals surface area contributed by atoms with Crippen LogP contribution in [0.15, 0.2) is 12.3 Å². The summed E-state index contributed by atoms with van der Waals surface area (Å²) in [5.74, 6) is 0.791. The number of nitrogens with one attached hydrogen (secondary N) is 1. The molecule has 5 heteroatoms. The van der Waals surface area contributed by atoms with Crippen LogP contribution < -0.4 is 5.32 Å². The lowest BCUT2D eigenvalue weighted by atomic mass is 10.1. The Morgan fingerprint density at radius 2 is 2.29 bits per heavy atom. The number of aromatic nitrogens is 2. The van der Waals surface area contributed by atoms with Crippen molar-refractivity contribution in [3.63, 3.8) is 0 Å². The molecule has 0 unspecified atom stereocenters. The summed E-state index contributed by atoms with van der Waals surface area (Å²) in [6.07, 6.45) is 1.55. The SMILES string of the molecule is CC(C)[C@@H](C#N)Nc1ccnc(Cl)n1. The first-order valence-corrected chi connectivity index (χ1v) is 4.66. The molecule has 1 atom stereocenters. The van der Waals surface area contributed by atoms with Gasteiger partial charge in [-0.2, -0.15) is 5.26 Å². The first-order chi connectivity index (χ1) is 6.63. The smallest absolute Gasteiger partial charge is 0.224 e. The van der Waals surface area contributed by atoms with E-state index in [4.69, 9.17) is 16.9 Å². The average Bonchev–Trinajstić information content (AvgIpc) is 2.14. The number of nitriles is 1. The summed E-state index contributed by atoms with van der Waals surface area (Å²) in [6, 6.07) is 3.57. The Kier molecular flexibility index (Phi) is 3.66. The van der Waals surface area contributed by atoms with Crippen LogP contribution >= 0.6 is 11.6 Å². The summed E-state index contributed by atoms with van der Waals surface area (Å²) in [4.78, 5) is 7.68. The molecule has 0 saturated carbocycles. The first kappa shape index (κ1) is 10.7. The zero-order valence-corrected chi connectivity index (χ0v) is 8.78. The fourth-order valence-electron chi connectivity index (χ4n) is 0.923. The quantitative estimate of drug-likeness (QED) is 0.776. The molecule has 0 aliphatic rings.